The largest absolute Gasteiger partial charge is 0.496 e. The summed E-state index contributed by atoms with van der Waals surface area (Å²) >= 11 is 0. The van der Waals surface area contributed by atoms with Gasteiger partial charge in [-0.05, 0) is 48.2 Å². The maximum Gasteiger partial charge on any atom is 0.258 e. The molecule has 0 saturated carbocycles. The van der Waals surface area contributed by atoms with Crippen LogP contribution in [0.5, 0.6) is 11.5 Å². The van der Waals surface area contributed by atoms with Gasteiger partial charge in [0.25, 0.3) is 5.91 Å². The molecular weight excluding hydrogens is 494 g/mol. The van der Waals surface area contributed by atoms with Crippen LogP contribution in [-0.4, -0.2) is 54.7 Å². The SMILES string of the molecule is COc1ccccc1CN(CC(CC1=C[N]c2ccccc21)NC(=O)COc1ccc(CCO)cc1)C(C)=O. The van der Waals surface area contributed by atoms with Crippen molar-refractivity contribution < 1.29 is 24.2 Å². The van der Waals surface area contributed by atoms with Crippen LogP contribution in [0.1, 0.15) is 30.0 Å². The average molecular weight is 529 g/mol. The molecule has 0 aliphatic carbocycles. The van der Waals surface area contributed by atoms with Gasteiger partial charge in [0, 0.05) is 43.9 Å². The lowest BCUT2D eigenvalue weighted by Gasteiger charge is -2.28. The number of hydrogen-bond acceptors (Lipinski definition) is 5. The molecule has 2 amide bonds. The second-order valence-corrected chi connectivity index (χ2v) is 9.39. The fraction of sp³-hybridized carbons (Fsp3) is 0.290. The van der Waals surface area contributed by atoms with Gasteiger partial charge in [0.05, 0.1) is 18.8 Å². The van der Waals surface area contributed by atoms with Gasteiger partial charge in [-0.25, -0.2) is 0 Å². The third-order valence-electron chi connectivity index (χ3n) is 6.57. The van der Waals surface area contributed by atoms with E-state index in [1.165, 1.54) is 6.92 Å². The van der Waals surface area contributed by atoms with E-state index in [1.807, 2.05) is 66.9 Å². The number of hydrogen-bond donors (Lipinski definition) is 2. The smallest absolute Gasteiger partial charge is 0.258 e. The highest BCUT2D eigenvalue weighted by atomic mass is 16.5. The number of para-hydroxylation sites is 2. The van der Waals surface area contributed by atoms with Crippen LogP contribution in [0.3, 0.4) is 0 Å². The highest BCUT2D eigenvalue weighted by molar-refractivity contribution is 5.81. The summed E-state index contributed by atoms with van der Waals surface area (Å²) in [6.07, 6.45) is 2.89. The van der Waals surface area contributed by atoms with Gasteiger partial charge in [0.1, 0.15) is 11.5 Å². The maximum absolute atomic E-state index is 13.0. The van der Waals surface area contributed by atoms with Crippen LogP contribution in [0.25, 0.3) is 5.57 Å². The van der Waals surface area contributed by atoms with E-state index in [2.05, 4.69) is 10.6 Å². The van der Waals surface area contributed by atoms with Crippen LogP contribution < -0.4 is 20.1 Å². The van der Waals surface area contributed by atoms with Crippen molar-refractivity contribution in [3.05, 3.63) is 95.7 Å². The summed E-state index contributed by atoms with van der Waals surface area (Å²) in [4.78, 5) is 27.4. The molecule has 0 aromatic heterocycles. The molecule has 1 radical (unpaired) electrons. The molecule has 1 aliphatic heterocycles. The standard InChI is InChI=1S/C31H34N3O5/c1-22(36)34(19-24-7-3-6-10-30(24)38-2)20-26(17-25-18-32-29-9-5-4-8-28(25)29)33-31(37)21-39-27-13-11-23(12-14-27)15-16-35/h3-14,18,26,35H,15-17,19-21H2,1-2H3,(H,33,37). The van der Waals surface area contributed by atoms with Crippen molar-refractivity contribution in [1.29, 1.82) is 0 Å². The van der Waals surface area contributed by atoms with Gasteiger partial charge in [0.2, 0.25) is 5.91 Å². The first kappa shape index (κ1) is 27.7. The molecule has 3 aromatic carbocycles. The van der Waals surface area contributed by atoms with Gasteiger partial charge in [-0.1, -0.05) is 48.5 Å². The monoisotopic (exact) mass is 528 g/mol. The van der Waals surface area contributed by atoms with Crippen molar-refractivity contribution in [3.63, 3.8) is 0 Å². The van der Waals surface area contributed by atoms with E-state index in [0.29, 0.717) is 37.4 Å². The van der Waals surface area contributed by atoms with Gasteiger partial charge in [-0.2, -0.15) is 0 Å². The van der Waals surface area contributed by atoms with E-state index in [9.17, 15) is 9.59 Å². The fourth-order valence-corrected chi connectivity index (χ4v) is 4.57. The highest BCUT2D eigenvalue weighted by Crippen LogP contribution is 2.33. The third kappa shape index (κ3) is 7.61. The Labute approximate surface area is 229 Å². The molecule has 8 nitrogen and oxygen atoms in total. The minimum atomic E-state index is -0.376. The number of carbonyl (C=O) groups excluding carboxylic acids is 2. The number of benzene rings is 3. The number of carbonyl (C=O) groups is 2. The first-order valence-electron chi connectivity index (χ1n) is 13.0. The van der Waals surface area contributed by atoms with Crippen molar-refractivity contribution >= 4 is 23.1 Å². The summed E-state index contributed by atoms with van der Waals surface area (Å²) in [5, 5.41) is 16.7. The molecule has 4 rings (SSSR count). The van der Waals surface area contributed by atoms with Gasteiger partial charge >= 0.3 is 0 Å². The first-order valence-corrected chi connectivity index (χ1v) is 13.0. The summed E-state index contributed by atoms with van der Waals surface area (Å²) in [6.45, 7) is 2.09. The van der Waals surface area contributed by atoms with Crippen LogP contribution in [0.2, 0.25) is 0 Å². The van der Waals surface area contributed by atoms with E-state index in [4.69, 9.17) is 14.6 Å². The Kier molecular flexibility index (Phi) is 9.58. The van der Waals surface area contributed by atoms with Gasteiger partial charge in [0.15, 0.2) is 6.61 Å². The summed E-state index contributed by atoms with van der Waals surface area (Å²) in [7, 11) is 1.60. The van der Waals surface area contributed by atoms with E-state index >= 15 is 0 Å². The second-order valence-electron chi connectivity index (χ2n) is 9.39. The molecule has 1 atom stereocenters. The number of amides is 2. The lowest BCUT2D eigenvalue weighted by Crippen LogP contribution is -2.46. The Bertz CT molecular complexity index is 1310. The fourth-order valence-electron chi connectivity index (χ4n) is 4.57. The molecule has 0 bridgehead atoms. The zero-order valence-corrected chi connectivity index (χ0v) is 22.3. The topological polar surface area (TPSA) is 102 Å². The Morgan fingerprint density at radius 3 is 2.51 bits per heavy atom. The predicted molar refractivity (Wildman–Crippen MR) is 150 cm³/mol. The molecule has 1 aliphatic rings. The molecule has 2 N–H and O–H groups in total. The van der Waals surface area contributed by atoms with Crippen molar-refractivity contribution in [3.8, 4) is 11.5 Å². The quantitative estimate of drug-likeness (QED) is 0.351. The second kappa shape index (κ2) is 13.5. The number of fused-ring (bicyclic) bond motifs is 1. The van der Waals surface area contributed by atoms with Gasteiger partial charge in [-0.15, -0.1) is 0 Å². The van der Waals surface area contributed by atoms with Crippen molar-refractivity contribution in [2.45, 2.75) is 32.4 Å². The number of rotatable bonds is 13. The molecule has 203 valence electrons. The molecule has 1 heterocycles. The molecular formula is C31H34N3O5. The predicted octanol–water partition coefficient (Wildman–Crippen LogP) is 3.82. The summed E-state index contributed by atoms with van der Waals surface area (Å²) < 4.78 is 11.2. The van der Waals surface area contributed by atoms with E-state index in [1.54, 1.807) is 24.1 Å². The molecule has 39 heavy (non-hydrogen) atoms. The number of aliphatic hydroxyl groups is 1. The molecule has 0 fully saturated rings. The van der Waals surface area contributed by atoms with E-state index < -0.39 is 0 Å². The van der Waals surface area contributed by atoms with Gasteiger partial charge < -0.3 is 24.8 Å². The van der Waals surface area contributed by atoms with Crippen molar-refractivity contribution in [2.24, 2.45) is 0 Å². The Morgan fingerprint density at radius 1 is 1.03 bits per heavy atom. The Morgan fingerprint density at radius 2 is 1.77 bits per heavy atom. The minimum Gasteiger partial charge on any atom is -0.496 e. The number of nitrogens with one attached hydrogen (secondary N) is 1. The van der Waals surface area contributed by atoms with Crippen LogP contribution in [0, 0.1) is 0 Å². The normalized spacial score (nSPS) is 12.5. The first-order chi connectivity index (χ1) is 19.0. The van der Waals surface area contributed by atoms with E-state index in [0.717, 1.165) is 28.0 Å². The highest BCUT2D eigenvalue weighted by Gasteiger charge is 2.24. The average Bonchev–Trinajstić information content (AvgIpc) is 3.35. The summed E-state index contributed by atoms with van der Waals surface area (Å²) in [6, 6.07) is 22.4. The number of ether oxygens (including phenoxy) is 2. The Hall–Kier alpha value is -4.30. The molecule has 0 saturated heterocycles. The van der Waals surface area contributed by atoms with E-state index in [-0.39, 0.29) is 31.1 Å². The minimum absolute atomic E-state index is 0.0759. The number of methoxy groups -OCH3 is 1. The van der Waals surface area contributed by atoms with Crippen molar-refractivity contribution in [1.82, 2.24) is 15.5 Å². The van der Waals surface area contributed by atoms with Crippen LogP contribution in [0.15, 0.2) is 79.0 Å². The van der Waals surface area contributed by atoms with Crippen LogP contribution in [0.4, 0.5) is 5.69 Å². The third-order valence-corrected chi connectivity index (χ3v) is 6.57. The number of nitrogens with zero attached hydrogens (tertiary/aromatic N) is 2. The molecule has 3 aromatic rings. The lowest BCUT2D eigenvalue weighted by molar-refractivity contribution is -0.131. The van der Waals surface area contributed by atoms with Crippen molar-refractivity contribution in [2.75, 3.05) is 26.9 Å². The Balaban J connectivity index is 1.47. The van der Waals surface area contributed by atoms with Crippen LogP contribution >= 0.6 is 0 Å². The zero-order valence-electron chi connectivity index (χ0n) is 22.3. The number of aliphatic hydroxyl groups excluding tert-OH is 1. The summed E-state index contributed by atoms with van der Waals surface area (Å²) in [5.41, 5.74) is 4.79. The maximum atomic E-state index is 13.0. The molecule has 0 spiro atoms. The lowest BCUT2D eigenvalue weighted by atomic mass is 9.99. The summed E-state index contributed by atoms with van der Waals surface area (Å²) in [5.74, 6) is 0.874. The van der Waals surface area contributed by atoms with Crippen LogP contribution in [-0.2, 0) is 22.6 Å². The van der Waals surface area contributed by atoms with Gasteiger partial charge in [-0.3, -0.25) is 14.9 Å². The zero-order chi connectivity index (χ0) is 27.6. The molecule has 8 heteroatoms. The molecule has 1 unspecified atom stereocenters.